The number of hydrogen-bond donors (Lipinski definition) is 0. The van der Waals surface area contributed by atoms with Crippen molar-refractivity contribution in [2.75, 3.05) is 0 Å². The van der Waals surface area contributed by atoms with Gasteiger partial charge in [0.2, 0.25) is 0 Å². The molecule has 3 rings (SSSR count). The summed E-state index contributed by atoms with van der Waals surface area (Å²) in [5.74, 6) is -0.745. The minimum absolute atomic E-state index is 0.0363. The Morgan fingerprint density at radius 2 is 2.00 bits per heavy atom. The lowest BCUT2D eigenvalue weighted by Gasteiger charge is -2.20. The van der Waals surface area contributed by atoms with Crippen LogP contribution >= 0.6 is 0 Å². The zero-order valence-corrected chi connectivity index (χ0v) is 15.6. The van der Waals surface area contributed by atoms with Crippen LogP contribution in [0.1, 0.15) is 55.8 Å². The van der Waals surface area contributed by atoms with E-state index in [-0.39, 0.29) is 41.8 Å². The molecule has 0 aromatic heterocycles. The number of benzene rings is 1. The monoisotopic (exact) mass is 370 g/mol. The van der Waals surface area contributed by atoms with Crippen molar-refractivity contribution in [1.82, 2.24) is 0 Å². The number of esters is 2. The highest BCUT2D eigenvalue weighted by atomic mass is 16.6. The maximum absolute atomic E-state index is 12.4. The number of carbonyl (C=O) groups is 3. The Hall–Kier alpha value is -2.43. The largest absolute Gasteiger partial charge is 0.462 e. The van der Waals surface area contributed by atoms with Crippen LogP contribution in [-0.2, 0) is 19.1 Å². The Kier molecular flexibility index (Phi) is 6.43. The van der Waals surface area contributed by atoms with Crippen LogP contribution in [0.4, 0.5) is 0 Å². The summed E-state index contributed by atoms with van der Waals surface area (Å²) in [5, 5.41) is 0. The summed E-state index contributed by atoms with van der Waals surface area (Å²) < 4.78 is 11.1. The average molecular weight is 370 g/mol. The van der Waals surface area contributed by atoms with Crippen molar-refractivity contribution in [1.29, 1.82) is 0 Å². The summed E-state index contributed by atoms with van der Waals surface area (Å²) >= 11 is 0. The summed E-state index contributed by atoms with van der Waals surface area (Å²) in [5.41, 5.74) is 0.491. The van der Waals surface area contributed by atoms with Gasteiger partial charge in [-0.25, -0.2) is 4.79 Å². The van der Waals surface area contributed by atoms with E-state index in [9.17, 15) is 14.4 Å². The van der Waals surface area contributed by atoms with Crippen molar-refractivity contribution in [3.8, 4) is 0 Å². The molecule has 1 heterocycles. The van der Waals surface area contributed by atoms with Gasteiger partial charge < -0.3 is 9.47 Å². The number of hydrogen-bond acceptors (Lipinski definition) is 5. The molecule has 2 unspecified atom stereocenters. The highest BCUT2D eigenvalue weighted by Gasteiger charge is 2.50. The van der Waals surface area contributed by atoms with Gasteiger partial charge in [0.05, 0.1) is 12.0 Å². The molecule has 1 saturated heterocycles. The normalized spacial score (nSPS) is 26.8. The maximum atomic E-state index is 12.4. The van der Waals surface area contributed by atoms with E-state index < -0.39 is 0 Å². The first kappa shape index (κ1) is 19.3. The van der Waals surface area contributed by atoms with E-state index >= 15 is 0 Å². The van der Waals surface area contributed by atoms with Crippen LogP contribution in [0.2, 0.25) is 0 Å². The molecule has 1 saturated carbocycles. The number of allylic oxidation sites excluding steroid dienone is 1. The molecule has 1 aromatic rings. The van der Waals surface area contributed by atoms with E-state index in [4.69, 9.17) is 9.47 Å². The Labute approximate surface area is 159 Å². The van der Waals surface area contributed by atoms with Crippen molar-refractivity contribution in [3.63, 3.8) is 0 Å². The van der Waals surface area contributed by atoms with Crippen LogP contribution in [0.15, 0.2) is 42.5 Å². The summed E-state index contributed by atoms with van der Waals surface area (Å²) in [4.78, 5) is 36.2. The molecule has 2 fully saturated rings. The van der Waals surface area contributed by atoms with Gasteiger partial charge in [0.25, 0.3) is 0 Å². The molecule has 0 amide bonds. The van der Waals surface area contributed by atoms with E-state index in [1.54, 1.807) is 30.3 Å². The summed E-state index contributed by atoms with van der Waals surface area (Å²) in [6.45, 7) is 2.10. The minimum atomic E-state index is -0.389. The van der Waals surface area contributed by atoms with Crippen molar-refractivity contribution in [2.24, 2.45) is 11.8 Å². The number of fused-ring (bicyclic) bond motifs is 1. The zero-order valence-electron chi connectivity index (χ0n) is 15.6. The van der Waals surface area contributed by atoms with E-state index in [1.165, 1.54) is 0 Å². The van der Waals surface area contributed by atoms with Gasteiger partial charge in [-0.2, -0.15) is 0 Å². The first-order chi connectivity index (χ1) is 13.1. The third-order valence-electron chi connectivity index (χ3n) is 5.35. The highest BCUT2D eigenvalue weighted by molar-refractivity contribution is 5.90. The van der Waals surface area contributed by atoms with E-state index in [0.717, 1.165) is 19.3 Å². The first-order valence-electron chi connectivity index (χ1n) is 9.75. The lowest BCUT2D eigenvalue weighted by molar-refractivity contribution is -0.141. The van der Waals surface area contributed by atoms with Gasteiger partial charge in [0, 0.05) is 24.7 Å². The zero-order chi connectivity index (χ0) is 19.2. The van der Waals surface area contributed by atoms with Crippen molar-refractivity contribution in [2.45, 2.75) is 57.7 Å². The van der Waals surface area contributed by atoms with Crippen LogP contribution in [0, 0.1) is 11.8 Å². The fourth-order valence-electron chi connectivity index (χ4n) is 3.92. The smallest absolute Gasteiger partial charge is 0.338 e. The quantitative estimate of drug-likeness (QED) is 0.395. The number of carbonyl (C=O) groups excluding carboxylic acids is 3. The van der Waals surface area contributed by atoms with Crippen LogP contribution < -0.4 is 0 Å². The van der Waals surface area contributed by atoms with Gasteiger partial charge in [-0.3, -0.25) is 9.59 Å². The number of unbranched alkanes of at least 4 members (excludes halogenated alkanes) is 2. The molecule has 0 spiro atoms. The van der Waals surface area contributed by atoms with Crippen molar-refractivity contribution >= 4 is 17.7 Å². The molecule has 144 valence electrons. The van der Waals surface area contributed by atoms with Crippen LogP contribution in [0.3, 0.4) is 0 Å². The van der Waals surface area contributed by atoms with Gasteiger partial charge in [0.1, 0.15) is 12.2 Å². The second-order valence-corrected chi connectivity index (χ2v) is 7.30. The molecule has 1 aromatic carbocycles. The summed E-state index contributed by atoms with van der Waals surface area (Å²) in [6.07, 6.45) is 7.08. The third-order valence-corrected chi connectivity index (χ3v) is 5.35. The second kappa shape index (κ2) is 8.98. The van der Waals surface area contributed by atoms with E-state index in [0.29, 0.717) is 24.8 Å². The van der Waals surface area contributed by atoms with Gasteiger partial charge in [-0.1, -0.05) is 44.0 Å². The lowest BCUT2D eigenvalue weighted by Crippen LogP contribution is -2.24. The van der Waals surface area contributed by atoms with Crippen LogP contribution in [0.25, 0.3) is 0 Å². The van der Waals surface area contributed by atoms with Crippen molar-refractivity contribution < 1.29 is 23.9 Å². The topological polar surface area (TPSA) is 69.7 Å². The predicted molar refractivity (Wildman–Crippen MR) is 100 cm³/mol. The molecule has 0 N–H and O–H groups in total. The second-order valence-electron chi connectivity index (χ2n) is 7.30. The first-order valence-corrected chi connectivity index (χ1v) is 9.75. The van der Waals surface area contributed by atoms with Gasteiger partial charge >= 0.3 is 11.9 Å². The predicted octanol–water partition coefficient (Wildman–Crippen LogP) is 3.87. The molecule has 0 bridgehead atoms. The molecule has 1 aliphatic heterocycles. The Balaban J connectivity index is 1.67. The fourth-order valence-corrected chi connectivity index (χ4v) is 3.92. The average Bonchev–Trinajstić information content (AvgIpc) is 3.16. The molecule has 0 radical (unpaired) electrons. The van der Waals surface area contributed by atoms with Gasteiger partial charge in [-0.05, 0) is 24.6 Å². The van der Waals surface area contributed by atoms with E-state index in [1.807, 2.05) is 12.1 Å². The van der Waals surface area contributed by atoms with Crippen LogP contribution in [0.5, 0.6) is 0 Å². The molecular weight excluding hydrogens is 344 g/mol. The van der Waals surface area contributed by atoms with Crippen molar-refractivity contribution in [3.05, 3.63) is 48.0 Å². The molecule has 5 heteroatoms. The number of rotatable bonds is 8. The number of ether oxygens (including phenoxy) is 2. The van der Waals surface area contributed by atoms with E-state index in [2.05, 4.69) is 6.92 Å². The van der Waals surface area contributed by atoms with Crippen LogP contribution in [-0.4, -0.2) is 29.9 Å². The SMILES string of the molecule is CCCCCC(=O)C=C[C@H]1C(OC(=O)c2ccccc2)CC2OC(=O)C[C@@H]21. The number of ketones is 1. The third kappa shape index (κ3) is 4.85. The molecule has 2 aliphatic rings. The summed E-state index contributed by atoms with van der Waals surface area (Å²) in [6, 6.07) is 8.83. The van der Waals surface area contributed by atoms with Gasteiger partial charge in [-0.15, -0.1) is 0 Å². The Morgan fingerprint density at radius 1 is 1.22 bits per heavy atom. The Morgan fingerprint density at radius 3 is 2.74 bits per heavy atom. The lowest BCUT2D eigenvalue weighted by atomic mass is 9.91. The molecule has 5 nitrogen and oxygen atoms in total. The van der Waals surface area contributed by atoms with Gasteiger partial charge in [0.15, 0.2) is 5.78 Å². The molecular formula is C22H26O5. The highest BCUT2D eigenvalue weighted by Crippen LogP contribution is 2.43. The fraction of sp³-hybridized carbons (Fsp3) is 0.500. The minimum Gasteiger partial charge on any atom is -0.462 e. The summed E-state index contributed by atoms with van der Waals surface area (Å²) in [7, 11) is 0. The molecule has 27 heavy (non-hydrogen) atoms. The molecule has 4 atom stereocenters. The standard InChI is InChI=1S/C22H26O5/c1-2-3-5-10-16(23)11-12-17-18-13-21(24)26-20(18)14-19(17)27-22(25)15-8-6-4-7-9-15/h4,6-9,11-12,17-20H,2-3,5,10,13-14H2,1H3/t17-,18-,19?,20?/m1/s1. The molecule has 1 aliphatic carbocycles. The maximum Gasteiger partial charge on any atom is 0.338 e. The Bertz CT molecular complexity index is 709.